The van der Waals surface area contributed by atoms with Crippen LogP contribution in [-0.2, 0) is 4.74 Å². The monoisotopic (exact) mass is 308 g/mol. The van der Waals surface area contributed by atoms with Crippen LogP contribution >= 0.6 is 0 Å². The van der Waals surface area contributed by atoms with E-state index in [1.165, 1.54) is 0 Å². The zero-order valence-electron chi connectivity index (χ0n) is 13.4. The molecular formula is C20H20O3. The van der Waals surface area contributed by atoms with E-state index in [2.05, 4.69) is 0 Å². The molecule has 3 rings (SSSR count). The lowest BCUT2D eigenvalue weighted by Crippen LogP contribution is -2.27. The van der Waals surface area contributed by atoms with E-state index in [1.807, 2.05) is 50.2 Å². The van der Waals surface area contributed by atoms with Gasteiger partial charge in [0.2, 0.25) is 0 Å². The standard InChI is InChI=1S/C20H20O3/c1-20(2)17(23-20)13-16(18(21)14-9-5-3-6-10-14)19(22)15-11-7-4-8-12-15/h3-12,16-17H,13H2,1-2H3. The molecule has 0 aliphatic carbocycles. The topological polar surface area (TPSA) is 46.7 Å². The van der Waals surface area contributed by atoms with Crippen molar-refractivity contribution in [2.75, 3.05) is 0 Å². The van der Waals surface area contributed by atoms with Crippen LogP contribution in [0.25, 0.3) is 0 Å². The lowest BCUT2D eigenvalue weighted by Gasteiger charge is -2.14. The summed E-state index contributed by atoms with van der Waals surface area (Å²) in [6.45, 7) is 3.96. The summed E-state index contributed by atoms with van der Waals surface area (Å²) in [7, 11) is 0. The average Bonchev–Trinajstić information content (AvgIpc) is 3.19. The van der Waals surface area contributed by atoms with Crippen LogP contribution in [0.3, 0.4) is 0 Å². The van der Waals surface area contributed by atoms with Crippen molar-refractivity contribution >= 4 is 11.6 Å². The predicted octanol–water partition coefficient (Wildman–Crippen LogP) is 3.94. The number of rotatable bonds is 6. The fourth-order valence-corrected chi connectivity index (χ4v) is 2.82. The summed E-state index contributed by atoms with van der Waals surface area (Å²) in [4.78, 5) is 25.7. The molecule has 3 heteroatoms. The van der Waals surface area contributed by atoms with E-state index in [0.29, 0.717) is 17.5 Å². The fraction of sp³-hybridized carbons (Fsp3) is 0.300. The first-order chi connectivity index (χ1) is 11.0. The Kier molecular flexibility index (Phi) is 4.14. The molecule has 0 bridgehead atoms. The van der Waals surface area contributed by atoms with E-state index >= 15 is 0 Å². The Balaban J connectivity index is 1.88. The summed E-state index contributed by atoms with van der Waals surface area (Å²) in [6, 6.07) is 18.0. The molecule has 0 saturated carbocycles. The number of carbonyl (C=O) groups excluding carboxylic acids is 2. The molecule has 2 aromatic carbocycles. The van der Waals surface area contributed by atoms with Crippen molar-refractivity contribution in [2.45, 2.75) is 32.0 Å². The Bertz CT molecular complexity index is 653. The quantitative estimate of drug-likeness (QED) is 0.461. The van der Waals surface area contributed by atoms with Crippen molar-refractivity contribution < 1.29 is 14.3 Å². The van der Waals surface area contributed by atoms with E-state index in [9.17, 15) is 9.59 Å². The summed E-state index contributed by atoms with van der Waals surface area (Å²) in [5, 5.41) is 0. The van der Waals surface area contributed by atoms with Crippen molar-refractivity contribution in [1.82, 2.24) is 0 Å². The SMILES string of the molecule is CC1(C)OC1CC(C(=O)c1ccccc1)C(=O)c1ccccc1. The number of benzene rings is 2. The first-order valence-corrected chi connectivity index (χ1v) is 7.85. The summed E-state index contributed by atoms with van der Waals surface area (Å²) >= 11 is 0. The second-order valence-electron chi connectivity index (χ2n) is 6.46. The van der Waals surface area contributed by atoms with Gasteiger partial charge in [-0.3, -0.25) is 9.59 Å². The molecule has 118 valence electrons. The summed E-state index contributed by atoms with van der Waals surface area (Å²) < 4.78 is 5.60. The maximum absolute atomic E-state index is 12.9. The maximum atomic E-state index is 12.9. The van der Waals surface area contributed by atoms with Gasteiger partial charge in [-0.15, -0.1) is 0 Å². The summed E-state index contributed by atoms with van der Waals surface area (Å²) in [5.74, 6) is -0.969. The van der Waals surface area contributed by atoms with Crippen molar-refractivity contribution in [3.05, 3.63) is 71.8 Å². The highest BCUT2D eigenvalue weighted by atomic mass is 16.6. The molecule has 1 saturated heterocycles. The average molecular weight is 308 g/mol. The molecule has 1 fully saturated rings. The molecule has 1 aliphatic heterocycles. The smallest absolute Gasteiger partial charge is 0.173 e. The molecule has 0 aromatic heterocycles. The molecule has 3 nitrogen and oxygen atoms in total. The number of hydrogen-bond donors (Lipinski definition) is 0. The molecule has 2 aromatic rings. The van der Waals surface area contributed by atoms with Gasteiger partial charge in [0.25, 0.3) is 0 Å². The third kappa shape index (κ3) is 3.40. The number of ketones is 2. The van der Waals surface area contributed by atoms with Gasteiger partial charge in [-0.05, 0) is 20.3 Å². The second kappa shape index (κ2) is 6.09. The van der Waals surface area contributed by atoms with E-state index in [0.717, 1.165) is 0 Å². The highest BCUT2D eigenvalue weighted by molar-refractivity contribution is 6.16. The summed E-state index contributed by atoms with van der Waals surface area (Å²) in [5.41, 5.74) is 0.895. The first kappa shape index (κ1) is 15.6. The van der Waals surface area contributed by atoms with E-state index in [-0.39, 0.29) is 23.3 Å². The minimum atomic E-state index is -0.702. The summed E-state index contributed by atoms with van der Waals surface area (Å²) in [6.07, 6.45) is 0.377. The van der Waals surface area contributed by atoms with Gasteiger partial charge in [-0.2, -0.15) is 0 Å². The lowest BCUT2D eigenvalue weighted by atomic mass is 9.85. The molecule has 0 N–H and O–H groups in total. The number of Topliss-reactive ketones (excluding diaryl/α,β-unsaturated/α-hetero) is 2. The molecule has 1 aliphatic rings. The van der Waals surface area contributed by atoms with Crippen LogP contribution in [0.2, 0.25) is 0 Å². The predicted molar refractivity (Wildman–Crippen MR) is 88.6 cm³/mol. The van der Waals surface area contributed by atoms with Crippen LogP contribution in [0, 0.1) is 5.92 Å². The molecular weight excluding hydrogens is 288 g/mol. The van der Waals surface area contributed by atoms with Crippen LogP contribution in [-0.4, -0.2) is 23.3 Å². The minimum Gasteiger partial charge on any atom is -0.367 e. The normalized spacial score (nSPS) is 18.7. The molecule has 1 unspecified atom stereocenters. The van der Waals surface area contributed by atoms with Crippen LogP contribution in [0.1, 0.15) is 41.0 Å². The lowest BCUT2D eigenvalue weighted by molar-refractivity contribution is 0.0791. The van der Waals surface area contributed by atoms with E-state index in [4.69, 9.17) is 4.74 Å². The minimum absolute atomic E-state index is 0.0483. The van der Waals surface area contributed by atoms with Gasteiger partial charge in [0, 0.05) is 11.1 Å². The number of epoxide rings is 1. The van der Waals surface area contributed by atoms with Gasteiger partial charge in [0.1, 0.15) is 0 Å². The molecule has 0 spiro atoms. The fourth-order valence-electron chi connectivity index (χ4n) is 2.82. The van der Waals surface area contributed by atoms with E-state index < -0.39 is 5.92 Å². The second-order valence-corrected chi connectivity index (χ2v) is 6.46. The molecule has 1 atom stereocenters. The molecule has 0 radical (unpaired) electrons. The van der Waals surface area contributed by atoms with E-state index in [1.54, 1.807) is 24.3 Å². The van der Waals surface area contributed by atoms with Gasteiger partial charge >= 0.3 is 0 Å². The van der Waals surface area contributed by atoms with Crippen molar-refractivity contribution in [3.63, 3.8) is 0 Å². The third-order valence-corrected chi connectivity index (χ3v) is 4.36. The molecule has 0 amide bonds. The van der Waals surface area contributed by atoms with Crippen LogP contribution < -0.4 is 0 Å². The van der Waals surface area contributed by atoms with Crippen LogP contribution in [0.5, 0.6) is 0 Å². The van der Waals surface area contributed by atoms with Gasteiger partial charge in [-0.25, -0.2) is 0 Å². The zero-order valence-corrected chi connectivity index (χ0v) is 13.4. The number of ether oxygens (including phenoxy) is 1. The maximum Gasteiger partial charge on any atom is 0.173 e. The third-order valence-electron chi connectivity index (χ3n) is 4.36. The highest BCUT2D eigenvalue weighted by Gasteiger charge is 2.50. The zero-order chi connectivity index (χ0) is 16.4. The first-order valence-electron chi connectivity index (χ1n) is 7.85. The highest BCUT2D eigenvalue weighted by Crippen LogP contribution is 2.40. The van der Waals surface area contributed by atoms with Crippen molar-refractivity contribution in [3.8, 4) is 0 Å². The van der Waals surface area contributed by atoms with Gasteiger partial charge < -0.3 is 4.74 Å². The Hall–Kier alpha value is -2.26. The van der Waals surface area contributed by atoms with Gasteiger partial charge in [-0.1, -0.05) is 60.7 Å². The Morgan fingerprint density at radius 3 is 1.65 bits per heavy atom. The Morgan fingerprint density at radius 2 is 1.30 bits per heavy atom. The molecule has 23 heavy (non-hydrogen) atoms. The number of carbonyl (C=O) groups is 2. The van der Waals surface area contributed by atoms with Gasteiger partial charge in [0.05, 0.1) is 17.6 Å². The molecule has 1 heterocycles. The Labute approximate surface area is 136 Å². The van der Waals surface area contributed by atoms with Crippen LogP contribution in [0.4, 0.5) is 0 Å². The Morgan fingerprint density at radius 1 is 0.913 bits per heavy atom. The largest absolute Gasteiger partial charge is 0.367 e. The van der Waals surface area contributed by atoms with Crippen molar-refractivity contribution in [2.24, 2.45) is 5.92 Å². The van der Waals surface area contributed by atoms with Crippen molar-refractivity contribution in [1.29, 1.82) is 0 Å². The van der Waals surface area contributed by atoms with Crippen LogP contribution in [0.15, 0.2) is 60.7 Å². The van der Waals surface area contributed by atoms with Gasteiger partial charge in [0.15, 0.2) is 11.6 Å². The number of hydrogen-bond acceptors (Lipinski definition) is 3.